The molecule has 6 nitrogen and oxygen atoms in total. The number of nitrogens with one attached hydrogen (secondary N) is 1. The molecule has 7 heteroatoms. The minimum Gasteiger partial charge on any atom is -0.462 e. The third-order valence-electron chi connectivity index (χ3n) is 4.30. The van der Waals surface area contributed by atoms with E-state index in [9.17, 15) is 14.4 Å². The van der Waals surface area contributed by atoms with Gasteiger partial charge in [0, 0.05) is 5.69 Å². The van der Waals surface area contributed by atoms with Crippen molar-refractivity contribution in [1.29, 1.82) is 0 Å². The van der Waals surface area contributed by atoms with E-state index in [1.807, 2.05) is 39.0 Å². The number of nitrogens with zero attached hydrogens (tertiary/aromatic N) is 1. The van der Waals surface area contributed by atoms with Crippen LogP contribution in [0.5, 0.6) is 0 Å². The van der Waals surface area contributed by atoms with Gasteiger partial charge in [-0.05, 0) is 61.7 Å². The molecule has 2 amide bonds. The number of benzene rings is 2. The number of hydrogen-bond acceptors (Lipinski definition) is 5. The molecule has 0 spiro atoms. The summed E-state index contributed by atoms with van der Waals surface area (Å²) >= 11 is 6.18. The van der Waals surface area contributed by atoms with Gasteiger partial charge in [-0.2, -0.15) is 0 Å². The largest absolute Gasteiger partial charge is 0.462 e. The Hall–Kier alpha value is -3.12. The Morgan fingerprint density at radius 1 is 1.07 bits per heavy atom. The first kappa shape index (κ1) is 20.6. The molecule has 1 aliphatic rings. The summed E-state index contributed by atoms with van der Waals surface area (Å²) in [6.45, 7) is 6.06. The van der Waals surface area contributed by atoms with Gasteiger partial charge in [0.25, 0.3) is 11.8 Å². The minimum atomic E-state index is -0.650. The second-order valence-electron chi connectivity index (χ2n) is 6.82. The van der Waals surface area contributed by atoms with Crippen LogP contribution in [-0.4, -0.2) is 24.4 Å². The van der Waals surface area contributed by atoms with E-state index in [4.69, 9.17) is 16.3 Å². The van der Waals surface area contributed by atoms with Crippen LogP contribution in [0.15, 0.2) is 53.2 Å². The van der Waals surface area contributed by atoms with Crippen molar-refractivity contribution in [2.24, 2.45) is 0 Å². The molecule has 1 heterocycles. The van der Waals surface area contributed by atoms with Gasteiger partial charge in [0.1, 0.15) is 10.7 Å². The van der Waals surface area contributed by atoms with Crippen LogP contribution < -0.4 is 10.2 Å². The van der Waals surface area contributed by atoms with E-state index in [0.29, 0.717) is 18.7 Å². The molecule has 2 aromatic rings. The summed E-state index contributed by atoms with van der Waals surface area (Å²) in [7, 11) is 0. The Morgan fingerprint density at radius 2 is 1.76 bits per heavy atom. The fourth-order valence-electron chi connectivity index (χ4n) is 3.09. The van der Waals surface area contributed by atoms with Crippen LogP contribution in [0.2, 0.25) is 0 Å². The first-order chi connectivity index (χ1) is 13.8. The lowest BCUT2D eigenvalue weighted by Crippen LogP contribution is -2.32. The Kier molecular flexibility index (Phi) is 6.03. The summed E-state index contributed by atoms with van der Waals surface area (Å²) in [6, 6.07) is 11.9. The van der Waals surface area contributed by atoms with Crippen molar-refractivity contribution in [2.45, 2.75) is 27.2 Å². The smallest absolute Gasteiger partial charge is 0.338 e. The zero-order valence-electron chi connectivity index (χ0n) is 16.4. The zero-order valence-corrected chi connectivity index (χ0v) is 17.2. The quantitative estimate of drug-likeness (QED) is 0.565. The van der Waals surface area contributed by atoms with Crippen molar-refractivity contribution >= 4 is 40.8 Å². The molecule has 0 saturated heterocycles. The Morgan fingerprint density at radius 3 is 2.41 bits per heavy atom. The van der Waals surface area contributed by atoms with E-state index in [-0.39, 0.29) is 22.0 Å². The average Bonchev–Trinajstić information content (AvgIpc) is 2.88. The molecule has 0 unspecified atom stereocenters. The van der Waals surface area contributed by atoms with Gasteiger partial charge in [0.05, 0.1) is 17.9 Å². The van der Waals surface area contributed by atoms with Gasteiger partial charge in [-0.1, -0.05) is 30.7 Å². The summed E-state index contributed by atoms with van der Waals surface area (Å²) in [5.41, 5.74) is 3.19. The van der Waals surface area contributed by atoms with E-state index in [1.165, 1.54) is 6.07 Å². The van der Waals surface area contributed by atoms with Gasteiger partial charge in [-0.25, -0.2) is 9.69 Å². The summed E-state index contributed by atoms with van der Waals surface area (Å²) < 4.78 is 5.12. The number of ether oxygens (including phenoxy) is 1. The van der Waals surface area contributed by atoms with Crippen molar-refractivity contribution in [1.82, 2.24) is 0 Å². The van der Waals surface area contributed by atoms with Crippen LogP contribution in [0.1, 0.15) is 34.8 Å². The van der Waals surface area contributed by atoms with E-state index in [2.05, 4.69) is 5.32 Å². The summed E-state index contributed by atoms with van der Waals surface area (Å²) in [5.74, 6) is -1.75. The topological polar surface area (TPSA) is 75.7 Å². The van der Waals surface area contributed by atoms with E-state index < -0.39 is 17.8 Å². The summed E-state index contributed by atoms with van der Waals surface area (Å²) in [4.78, 5) is 38.7. The number of carbonyl (C=O) groups excluding carboxylic acids is 3. The second kappa shape index (κ2) is 8.49. The molecule has 0 aromatic heterocycles. The second-order valence-corrected chi connectivity index (χ2v) is 7.20. The number of halogens is 1. The first-order valence-electron chi connectivity index (χ1n) is 9.23. The number of hydrogen-bond donors (Lipinski definition) is 1. The lowest BCUT2D eigenvalue weighted by atomic mass is 10.1. The maximum Gasteiger partial charge on any atom is 0.338 e. The van der Waals surface area contributed by atoms with Gasteiger partial charge in [-0.3, -0.25) is 9.59 Å². The highest BCUT2D eigenvalue weighted by Crippen LogP contribution is 2.31. The third-order valence-corrected chi connectivity index (χ3v) is 4.65. The van der Waals surface area contributed by atoms with Crippen molar-refractivity contribution < 1.29 is 19.1 Å². The SMILES string of the molecule is CCCOC(=O)c1cccc(N2C(=O)C(Cl)=C(Nc3cc(C)cc(C)c3)C2=O)c1. The zero-order chi connectivity index (χ0) is 21.1. The Balaban J connectivity index is 1.87. The van der Waals surface area contributed by atoms with Crippen molar-refractivity contribution in [2.75, 3.05) is 16.8 Å². The van der Waals surface area contributed by atoms with Gasteiger partial charge in [-0.15, -0.1) is 0 Å². The van der Waals surface area contributed by atoms with Crippen LogP contribution in [0.3, 0.4) is 0 Å². The Labute approximate surface area is 174 Å². The monoisotopic (exact) mass is 412 g/mol. The predicted octanol–water partition coefficient (Wildman–Crippen LogP) is 4.31. The van der Waals surface area contributed by atoms with Crippen LogP contribution in [0, 0.1) is 13.8 Å². The minimum absolute atomic E-state index is 0.000583. The van der Waals surface area contributed by atoms with Crippen LogP contribution in [-0.2, 0) is 14.3 Å². The lowest BCUT2D eigenvalue weighted by Gasteiger charge is -2.16. The van der Waals surface area contributed by atoms with E-state index in [0.717, 1.165) is 16.0 Å². The lowest BCUT2D eigenvalue weighted by molar-refractivity contribution is -0.120. The van der Waals surface area contributed by atoms with Crippen molar-refractivity contribution in [3.05, 3.63) is 69.9 Å². The van der Waals surface area contributed by atoms with E-state index >= 15 is 0 Å². The number of amides is 2. The molecule has 2 aromatic carbocycles. The van der Waals surface area contributed by atoms with Gasteiger partial charge in [0.2, 0.25) is 0 Å². The highest BCUT2D eigenvalue weighted by atomic mass is 35.5. The number of esters is 1. The Bertz CT molecular complexity index is 1010. The van der Waals surface area contributed by atoms with Gasteiger partial charge in [0.15, 0.2) is 0 Å². The summed E-state index contributed by atoms with van der Waals surface area (Å²) in [6.07, 6.45) is 0.696. The van der Waals surface area contributed by atoms with Crippen LogP contribution in [0.4, 0.5) is 11.4 Å². The first-order valence-corrected chi connectivity index (χ1v) is 9.60. The fourth-order valence-corrected chi connectivity index (χ4v) is 3.30. The predicted molar refractivity (Wildman–Crippen MR) is 112 cm³/mol. The maximum absolute atomic E-state index is 12.9. The molecule has 0 radical (unpaired) electrons. The highest BCUT2D eigenvalue weighted by molar-refractivity contribution is 6.53. The van der Waals surface area contributed by atoms with Crippen molar-refractivity contribution in [3.63, 3.8) is 0 Å². The van der Waals surface area contributed by atoms with Gasteiger partial charge < -0.3 is 10.1 Å². The molecule has 0 bridgehead atoms. The third kappa shape index (κ3) is 4.32. The normalized spacial score (nSPS) is 13.9. The molecule has 29 heavy (non-hydrogen) atoms. The van der Waals surface area contributed by atoms with Crippen LogP contribution >= 0.6 is 11.6 Å². The molecular formula is C22H21ClN2O4. The fraction of sp³-hybridized carbons (Fsp3) is 0.227. The highest BCUT2D eigenvalue weighted by Gasteiger charge is 2.39. The molecule has 1 N–H and O–H groups in total. The van der Waals surface area contributed by atoms with Crippen molar-refractivity contribution in [3.8, 4) is 0 Å². The molecule has 0 aliphatic carbocycles. The number of anilines is 2. The molecule has 0 fully saturated rings. The van der Waals surface area contributed by atoms with Gasteiger partial charge >= 0.3 is 5.97 Å². The molecule has 1 aliphatic heterocycles. The number of aryl methyl sites for hydroxylation is 2. The molecule has 0 saturated carbocycles. The van der Waals surface area contributed by atoms with Crippen LogP contribution in [0.25, 0.3) is 0 Å². The average molecular weight is 413 g/mol. The van der Waals surface area contributed by atoms with E-state index in [1.54, 1.807) is 18.2 Å². The molecular weight excluding hydrogens is 392 g/mol. The molecule has 0 atom stereocenters. The number of imide groups is 1. The standard InChI is InChI=1S/C22H21ClN2O4/c1-4-8-29-22(28)15-6-5-7-17(12-15)25-20(26)18(23)19(21(25)27)24-16-10-13(2)9-14(3)11-16/h5-7,9-12,24H,4,8H2,1-3H3. The maximum atomic E-state index is 12.9. The molecule has 3 rings (SSSR count). The number of rotatable bonds is 6. The number of carbonyl (C=O) groups is 3. The summed E-state index contributed by atoms with van der Waals surface area (Å²) in [5, 5.41) is 2.76. The molecule has 150 valence electrons.